The molecule has 0 spiro atoms. The highest BCUT2D eigenvalue weighted by Crippen LogP contribution is 2.38. The number of benzene rings is 1. The number of nitrogens with one attached hydrogen (secondary N) is 1. The summed E-state index contributed by atoms with van der Waals surface area (Å²) in [5.41, 5.74) is 1.38. The topological polar surface area (TPSA) is 21.3 Å². The summed E-state index contributed by atoms with van der Waals surface area (Å²) in [4.78, 5) is 0. The summed E-state index contributed by atoms with van der Waals surface area (Å²) in [6.45, 7) is 6.16. The van der Waals surface area contributed by atoms with E-state index in [1.807, 2.05) is 0 Å². The Bertz CT molecular complexity index is 360. The van der Waals surface area contributed by atoms with Crippen LogP contribution in [0.1, 0.15) is 51.1 Å². The van der Waals surface area contributed by atoms with E-state index in [2.05, 4.69) is 43.4 Å². The number of ether oxygens (including phenoxy) is 1. The molecule has 1 fully saturated rings. The summed E-state index contributed by atoms with van der Waals surface area (Å²) in [5, 5.41) is 3.63. The molecular formula is C16H25NO. The normalized spacial score (nSPS) is 17.2. The van der Waals surface area contributed by atoms with E-state index in [1.54, 1.807) is 0 Å². The third-order valence-corrected chi connectivity index (χ3v) is 3.74. The molecule has 1 aliphatic carbocycles. The van der Waals surface area contributed by atoms with Gasteiger partial charge in [0.25, 0.3) is 0 Å². The van der Waals surface area contributed by atoms with Crippen molar-refractivity contribution in [2.24, 2.45) is 5.92 Å². The summed E-state index contributed by atoms with van der Waals surface area (Å²) in [6.07, 6.45) is 5.16. The smallest absolute Gasteiger partial charge is 0.119 e. The van der Waals surface area contributed by atoms with Crippen LogP contribution >= 0.6 is 0 Å². The third-order valence-electron chi connectivity index (χ3n) is 3.74. The van der Waals surface area contributed by atoms with E-state index in [0.717, 1.165) is 31.2 Å². The van der Waals surface area contributed by atoms with Gasteiger partial charge >= 0.3 is 0 Å². The van der Waals surface area contributed by atoms with Gasteiger partial charge in [-0.3, -0.25) is 0 Å². The molecule has 0 heterocycles. The first-order chi connectivity index (χ1) is 8.85. The maximum atomic E-state index is 5.73. The molecule has 2 heteroatoms. The van der Waals surface area contributed by atoms with Crippen molar-refractivity contribution in [1.82, 2.24) is 5.32 Å². The Morgan fingerprint density at radius 2 is 2.17 bits per heavy atom. The first-order valence-corrected chi connectivity index (χ1v) is 7.31. The van der Waals surface area contributed by atoms with Crippen molar-refractivity contribution in [3.05, 3.63) is 29.8 Å². The van der Waals surface area contributed by atoms with Crippen molar-refractivity contribution >= 4 is 0 Å². The lowest BCUT2D eigenvalue weighted by molar-refractivity contribution is 0.232. The van der Waals surface area contributed by atoms with Crippen LogP contribution in [0, 0.1) is 5.92 Å². The molecule has 1 N–H and O–H groups in total. The highest BCUT2D eigenvalue weighted by molar-refractivity contribution is 5.31. The Hall–Kier alpha value is -1.02. The summed E-state index contributed by atoms with van der Waals surface area (Å²) in [5.74, 6) is 1.82. The van der Waals surface area contributed by atoms with E-state index in [4.69, 9.17) is 4.74 Å². The first-order valence-electron chi connectivity index (χ1n) is 7.31. The molecule has 2 rings (SSSR count). The largest absolute Gasteiger partial charge is 0.494 e. The van der Waals surface area contributed by atoms with Gasteiger partial charge in [0.2, 0.25) is 0 Å². The lowest BCUT2D eigenvalue weighted by Crippen LogP contribution is -2.32. The summed E-state index contributed by atoms with van der Waals surface area (Å²) in [6, 6.07) is 9.12. The zero-order valence-corrected chi connectivity index (χ0v) is 11.6. The number of rotatable bonds is 7. The van der Waals surface area contributed by atoms with E-state index in [-0.39, 0.29) is 0 Å². The predicted molar refractivity (Wildman–Crippen MR) is 76.0 cm³/mol. The molecular weight excluding hydrogens is 222 g/mol. The van der Waals surface area contributed by atoms with E-state index >= 15 is 0 Å². The second kappa shape index (κ2) is 6.79. The summed E-state index contributed by atoms with van der Waals surface area (Å²) in [7, 11) is 0. The first kappa shape index (κ1) is 13.4. The van der Waals surface area contributed by atoms with Gasteiger partial charge in [-0.05, 0) is 49.4 Å². The minimum absolute atomic E-state index is 0.508. The molecule has 0 radical (unpaired) electrons. The van der Waals surface area contributed by atoms with Crippen LogP contribution in [-0.4, -0.2) is 13.2 Å². The Balaban J connectivity index is 2.08. The maximum absolute atomic E-state index is 5.73. The minimum atomic E-state index is 0.508. The maximum Gasteiger partial charge on any atom is 0.119 e. The fraction of sp³-hybridized carbons (Fsp3) is 0.625. The monoisotopic (exact) mass is 247 g/mol. The van der Waals surface area contributed by atoms with Gasteiger partial charge in [0.15, 0.2) is 0 Å². The Morgan fingerprint density at radius 1 is 1.33 bits per heavy atom. The molecule has 100 valence electrons. The highest BCUT2D eigenvalue weighted by Gasteiger charge is 2.27. The minimum Gasteiger partial charge on any atom is -0.494 e. The average Bonchev–Trinajstić information content (AvgIpc) is 2.34. The van der Waals surface area contributed by atoms with Crippen LogP contribution in [0.2, 0.25) is 0 Å². The van der Waals surface area contributed by atoms with Gasteiger partial charge in [0, 0.05) is 6.04 Å². The van der Waals surface area contributed by atoms with Gasteiger partial charge < -0.3 is 10.1 Å². The Morgan fingerprint density at radius 3 is 2.78 bits per heavy atom. The van der Waals surface area contributed by atoms with Crippen LogP contribution in [0.25, 0.3) is 0 Å². The Labute approximate surface area is 111 Å². The zero-order chi connectivity index (χ0) is 12.8. The van der Waals surface area contributed by atoms with Gasteiger partial charge in [-0.25, -0.2) is 0 Å². The lowest BCUT2D eigenvalue weighted by Gasteiger charge is -2.34. The summed E-state index contributed by atoms with van der Waals surface area (Å²) < 4.78 is 5.73. The van der Waals surface area contributed by atoms with Gasteiger partial charge in [0.05, 0.1) is 6.61 Å². The molecule has 1 aliphatic rings. The SMILES string of the molecule is CCCOc1cccc(C(NCC)C2CCC2)c1. The van der Waals surface area contributed by atoms with Crippen molar-refractivity contribution < 1.29 is 4.74 Å². The molecule has 18 heavy (non-hydrogen) atoms. The van der Waals surface area contributed by atoms with E-state index in [9.17, 15) is 0 Å². The quantitative estimate of drug-likeness (QED) is 0.788. The predicted octanol–water partition coefficient (Wildman–Crippen LogP) is 3.93. The highest BCUT2D eigenvalue weighted by atomic mass is 16.5. The van der Waals surface area contributed by atoms with Crippen LogP contribution in [0.5, 0.6) is 5.75 Å². The molecule has 0 aliphatic heterocycles. The van der Waals surface area contributed by atoms with Gasteiger partial charge in [-0.15, -0.1) is 0 Å². The van der Waals surface area contributed by atoms with Crippen molar-refractivity contribution in [2.45, 2.75) is 45.6 Å². The summed E-state index contributed by atoms with van der Waals surface area (Å²) >= 11 is 0. The molecule has 1 saturated carbocycles. The van der Waals surface area contributed by atoms with Crippen molar-refractivity contribution in [3.8, 4) is 5.75 Å². The van der Waals surface area contributed by atoms with Crippen LogP contribution < -0.4 is 10.1 Å². The molecule has 0 aromatic heterocycles. The molecule has 0 bridgehead atoms. The second-order valence-corrected chi connectivity index (χ2v) is 5.15. The molecule has 1 aromatic carbocycles. The van der Waals surface area contributed by atoms with Crippen LogP contribution in [0.15, 0.2) is 24.3 Å². The van der Waals surface area contributed by atoms with E-state index in [1.165, 1.54) is 24.8 Å². The fourth-order valence-corrected chi connectivity index (χ4v) is 2.57. The molecule has 1 aromatic rings. The van der Waals surface area contributed by atoms with Crippen LogP contribution in [0.3, 0.4) is 0 Å². The third kappa shape index (κ3) is 3.26. The standard InChI is InChI=1S/C16H25NO/c1-3-11-18-15-10-6-9-14(12-15)16(17-4-2)13-7-5-8-13/h6,9-10,12-13,16-17H,3-5,7-8,11H2,1-2H3. The fourth-order valence-electron chi connectivity index (χ4n) is 2.57. The van der Waals surface area contributed by atoms with Crippen molar-refractivity contribution in [3.63, 3.8) is 0 Å². The number of hydrogen-bond acceptors (Lipinski definition) is 2. The van der Waals surface area contributed by atoms with E-state index < -0.39 is 0 Å². The molecule has 2 nitrogen and oxygen atoms in total. The Kier molecular flexibility index (Phi) is 5.06. The van der Waals surface area contributed by atoms with Crippen LogP contribution in [0.4, 0.5) is 0 Å². The average molecular weight is 247 g/mol. The van der Waals surface area contributed by atoms with Gasteiger partial charge in [-0.2, -0.15) is 0 Å². The van der Waals surface area contributed by atoms with Gasteiger partial charge in [0.1, 0.15) is 5.75 Å². The second-order valence-electron chi connectivity index (χ2n) is 5.15. The molecule has 1 atom stereocenters. The van der Waals surface area contributed by atoms with Crippen LogP contribution in [-0.2, 0) is 0 Å². The molecule has 1 unspecified atom stereocenters. The lowest BCUT2D eigenvalue weighted by atomic mass is 9.77. The van der Waals surface area contributed by atoms with Gasteiger partial charge in [-0.1, -0.05) is 32.4 Å². The van der Waals surface area contributed by atoms with Crippen molar-refractivity contribution in [2.75, 3.05) is 13.2 Å². The molecule has 0 amide bonds. The number of hydrogen-bond donors (Lipinski definition) is 1. The zero-order valence-electron chi connectivity index (χ0n) is 11.6. The van der Waals surface area contributed by atoms with Crippen molar-refractivity contribution in [1.29, 1.82) is 0 Å². The van der Waals surface area contributed by atoms with E-state index in [0.29, 0.717) is 6.04 Å². The molecule has 0 saturated heterocycles.